The van der Waals surface area contributed by atoms with Crippen molar-refractivity contribution in [3.05, 3.63) is 29.8 Å². The fourth-order valence-electron chi connectivity index (χ4n) is 1.15. The first kappa shape index (κ1) is 5.74. The molecule has 1 aromatic rings. The van der Waals surface area contributed by atoms with Crippen LogP contribution in [0.1, 0.15) is 11.7 Å². The second-order valence-electron chi connectivity index (χ2n) is 2.36. The summed E-state index contributed by atoms with van der Waals surface area (Å²) >= 11 is 0. The summed E-state index contributed by atoms with van der Waals surface area (Å²) in [4.78, 5) is 0. The Morgan fingerprint density at radius 2 is 2.20 bits per heavy atom. The molecule has 2 nitrogen and oxygen atoms in total. The van der Waals surface area contributed by atoms with Crippen LogP contribution in [0.25, 0.3) is 0 Å². The van der Waals surface area contributed by atoms with Crippen molar-refractivity contribution in [3.63, 3.8) is 0 Å². The van der Waals surface area contributed by atoms with Gasteiger partial charge >= 0.3 is 0 Å². The first-order valence-corrected chi connectivity index (χ1v) is 3.28. The minimum atomic E-state index is -0.420. The molecule has 52 valence electrons. The van der Waals surface area contributed by atoms with E-state index in [1.54, 1.807) is 0 Å². The fourth-order valence-corrected chi connectivity index (χ4v) is 1.15. The molecule has 0 fully saturated rings. The number of ether oxygens (including phenoxy) is 1. The number of fused-ring (bicyclic) bond motifs is 1. The van der Waals surface area contributed by atoms with Gasteiger partial charge < -0.3 is 9.84 Å². The van der Waals surface area contributed by atoms with Gasteiger partial charge in [0.1, 0.15) is 18.5 Å². The van der Waals surface area contributed by atoms with Gasteiger partial charge in [-0.2, -0.15) is 0 Å². The highest BCUT2D eigenvalue weighted by Gasteiger charge is 2.19. The average molecular weight is 136 g/mol. The minimum Gasteiger partial charge on any atom is -0.490 e. The van der Waals surface area contributed by atoms with Crippen LogP contribution in [-0.4, -0.2) is 11.7 Å². The Morgan fingerprint density at radius 3 is 3.00 bits per heavy atom. The molecule has 0 saturated carbocycles. The largest absolute Gasteiger partial charge is 0.490 e. The van der Waals surface area contributed by atoms with Gasteiger partial charge in [-0.1, -0.05) is 18.2 Å². The smallest absolute Gasteiger partial charge is 0.125 e. The van der Waals surface area contributed by atoms with Crippen molar-refractivity contribution in [2.24, 2.45) is 0 Å². The molecule has 0 aromatic heterocycles. The highest BCUT2D eigenvalue weighted by Crippen LogP contribution is 2.30. The van der Waals surface area contributed by atoms with E-state index >= 15 is 0 Å². The minimum absolute atomic E-state index is 0.402. The normalized spacial score (nSPS) is 21.9. The van der Waals surface area contributed by atoms with Crippen LogP contribution in [0, 0.1) is 0 Å². The molecule has 1 unspecified atom stereocenters. The van der Waals surface area contributed by atoms with Crippen LogP contribution >= 0.6 is 0 Å². The van der Waals surface area contributed by atoms with E-state index in [9.17, 15) is 5.11 Å². The maximum absolute atomic E-state index is 9.26. The SMILES string of the molecule is OC1COc2ccccc21. The third-order valence-electron chi connectivity index (χ3n) is 1.67. The maximum Gasteiger partial charge on any atom is 0.125 e. The average Bonchev–Trinajstić information content (AvgIpc) is 2.34. The van der Waals surface area contributed by atoms with E-state index in [0.717, 1.165) is 11.3 Å². The Balaban J connectivity index is 2.51. The molecule has 1 heterocycles. The van der Waals surface area contributed by atoms with E-state index in [1.807, 2.05) is 24.3 Å². The summed E-state index contributed by atoms with van der Waals surface area (Å²) in [7, 11) is 0. The second-order valence-corrected chi connectivity index (χ2v) is 2.36. The van der Waals surface area contributed by atoms with Gasteiger partial charge in [-0.3, -0.25) is 0 Å². The van der Waals surface area contributed by atoms with Crippen molar-refractivity contribution >= 4 is 0 Å². The molecule has 0 aliphatic carbocycles. The predicted octanol–water partition coefficient (Wildman–Crippen LogP) is 1.11. The summed E-state index contributed by atoms with van der Waals surface area (Å²) in [5, 5.41) is 9.26. The molecule has 0 spiro atoms. The van der Waals surface area contributed by atoms with Crippen LogP contribution in [0.4, 0.5) is 0 Å². The zero-order valence-electron chi connectivity index (χ0n) is 5.45. The highest BCUT2D eigenvalue weighted by molar-refractivity contribution is 5.37. The van der Waals surface area contributed by atoms with Crippen LogP contribution in [0.5, 0.6) is 5.75 Å². The summed E-state index contributed by atoms with van der Waals surface area (Å²) < 4.78 is 5.16. The molecule has 1 aromatic carbocycles. The summed E-state index contributed by atoms with van der Waals surface area (Å²) in [5.41, 5.74) is 0.905. The van der Waals surface area contributed by atoms with E-state index in [1.165, 1.54) is 0 Å². The molecular weight excluding hydrogens is 128 g/mol. The van der Waals surface area contributed by atoms with Crippen molar-refractivity contribution in [2.75, 3.05) is 6.61 Å². The van der Waals surface area contributed by atoms with E-state index in [2.05, 4.69) is 0 Å². The maximum atomic E-state index is 9.26. The van der Waals surface area contributed by atoms with Crippen LogP contribution in [0.3, 0.4) is 0 Å². The lowest BCUT2D eigenvalue weighted by Gasteiger charge is -1.96. The summed E-state index contributed by atoms with van der Waals surface area (Å²) in [6, 6.07) is 7.55. The Bertz CT molecular complexity index is 245. The number of benzene rings is 1. The van der Waals surface area contributed by atoms with Crippen molar-refractivity contribution in [1.82, 2.24) is 0 Å². The molecule has 10 heavy (non-hydrogen) atoms. The van der Waals surface area contributed by atoms with Crippen molar-refractivity contribution in [3.8, 4) is 5.75 Å². The molecular formula is C8H8O2. The zero-order valence-corrected chi connectivity index (χ0v) is 5.45. The van der Waals surface area contributed by atoms with Gasteiger partial charge in [0.25, 0.3) is 0 Å². The molecule has 1 aliphatic heterocycles. The van der Waals surface area contributed by atoms with Crippen molar-refractivity contribution in [2.45, 2.75) is 6.10 Å². The van der Waals surface area contributed by atoms with Crippen molar-refractivity contribution < 1.29 is 9.84 Å². The Labute approximate surface area is 59.1 Å². The van der Waals surface area contributed by atoms with Crippen LogP contribution in [-0.2, 0) is 0 Å². The molecule has 1 aliphatic rings. The molecule has 0 amide bonds. The van der Waals surface area contributed by atoms with Gasteiger partial charge in [0.05, 0.1) is 0 Å². The Hall–Kier alpha value is -1.02. The molecule has 1 atom stereocenters. The molecule has 1 N–H and O–H groups in total. The van der Waals surface area contributed by atoms with Crippen LogP contribution < -0.4 is 4.74 Å². The summed E-state index contributed by atoms with van der Waals surface area (Å²) in [6.07, 6.45) is -0.420. The number of aliphatic hydroxyl groups is 1. The number of aliphatic hydroxyl groups excluding tert-OH is 1. The lowest BCUT2D eigenvalue weighted by molar-refractivity contribution is 0.140. The number of para-hydroxylation sites is 1. The lowest BCUT2D eigenvalue weighted by atomic mass is 10.1. The molecule has 2 rings (SSSR count). The standard InChI is InChI=1S/C8H8O2/c9-7-5-10-8-4-2-1-3-6(7)8/h1-4,7,9H,5H2. The number of rotatable bonds is 0. The summed E-state index contributed by atoms with van der Waals surface area (Å²) in [6.45, 7) is 0.402. The van der Waals surface area contributed by atoms with Gasteiger partial charge in [-0.05, 0) is 6.07 Å². The second kappa shape index (κ2) is 1.99. The fraction of sp³-hybridized carbons (Fsp3) is 0.250. The van der Waals surface area contributed by atoms with Crippen LogP contribution in [0.2, 0.25) is 0 Å². The lowest BCUT2D eigenvalue weighted by Crippen LogP contribution is -1.96. The zero-order chi connectivity index (χ0) is 6.97. The van der Waals surface area contributed by atoms with Gasteiger partial charge in [0.2, 0.25) is 0 Å². The van der Waals surface area contributed by atoms with E-state index < -0.39 is 6.10 Å². The topological polar surface area (TPSA) is 29.5 Å². The number of hydrogen-bond acceptors (Lipinski definition) is 2. The third kappa shape index (κ3) is 0.693. The van der Waals surface area contributed by atoms with Crippen LogP contribution in [0.15, 0.2) is 24.3 Å². The van der Waals surface area contributed by atoms with Gasteiger partial charge in [0, 0.05) is 5.56 Å². The molecule has 2 heteroatoms. The van der Waals surface area contributed by atoms with Gasteiger partial charge in [0.15, 0.2) is 0 Å². The molecule has 0 saturated heterocycles. The van der Waals surface area contributed by atoms with Crippen molar-refractivity contribution in [1.29, 1.82) is 0 Å². The highest BCUT2D eigenvalue weighted by atomic mass is 16.5. The number of hydrogen-bond donors (Lipinski definition) is 1. The Morgan fingerprint density at radius 1 is 1.40 bits per heavy atom. The quantitative estimate of drug-likeness (QED) is 0.579. The monoisotopic (exact) mass is 136 g/mol. The van der Waals surface area contributed by atoms with E-state index in [0.29, 0.717) is 6.61 Å². The third-order valence-corrected chi connectivity index (χ3v) is 1.67. The van der Waals surface area contributed by atoms with E-state index in [-0.39, 0.29) is 0 Å². The molecule has 0 bridgehead atoms. The Kier molecular flexibility index (Phi) is 1.14. The van der Waals surface area contributed by atoms with Gasteiger partial charge in [-0.25, -0.2) is 0 Å². The first-order valence-electron chi connectivity index (χ1n) is 3.28. The summed E-state index contributed by atoms with van der Waals surface area (Å²) in [5.74, 6) is 0.815. The predicted molar refractivity (Wildman–Crippen MR) is 36.9 cm³/mol. The first-order chi connectivity index (χ1) is 4.88. The van der Waals surface area contributed by atoms with E-state index in [4.69, 9.17) is 4.74 Å². The molecule has 0 radical (unpaired) electrons. The van der Waals surface area contributed by atoms with Gasteiger partial charge in [-0.15, -0.1) is 0 Å².